The molecule has 1 aromatic heterocycles. The van der Waals surface area contributed by atoms with Crippen LogP contribution in [0.15, 0.2) is 84.0 Å². The number of aromatic nitrogens is 4. The number of nitrogens with zero attached hydrogens (tertiary/aromatic N) is 4. The summed E-state index contributed by atoms with van der Waals surface area (Å²) in [6.07, 6.45) is 0. The number of carbonyl (C=O) groups is 1. The van der Waals surface area contributed by atoms with Crippen LogP contribution in [0.1, 0.15) is 18.1 Å². The molecule has 0 saturated heterocycles. The van der Waals surface area contributed by atoms with Crippen molar-refractivity contribution < 1.29 is 9.53 Å². The number of benzene rings is 3. The van der Waals surface area contributed by atoms with E-state index in [0.29, 0.717) is 17.5 Å². The van der Waals surface area contributed by atoms with E-state index in [2.05, 4.69) is 20.8 Å². The van der Waals surface area contributed by atoms with Crippen molar-refractivity contribution in [1.29, 1.82) is 0 Å². The molecule has 0 bridgehead atoms. The predicted octanol–water partition coefficient (Wildman–Crippen LogP) is 4.67. The number of amides is 1. The lowest BCUT2D eigenvalue weighted by atomic mass is 10.2. The van der Waals surface area contributed by atoms with Gasteiger partial charge >= 0.3 is 0 Å². The van der Waals surface area contributed by atoms with Crippen molar-refractivity contribution in [1.82, 2.24) is 20.2 Å². The van der Waals surface area contributed by atoms with Crippen LogP contribution in [0.4, 0.5) is 5.69 Å². The van der Waals surface area contributed by atoms with E-state index in [4.69, 9.17) is 4.74 Å². The van der Waals surface area contributed by atoms with Crippen LogP contribution in [-0.4, -0.2) is 31.4 Å². The largest absolute Gasteiger partial charge is 0.489 e. The smallest absolute Gasteiger partial charge is 0.237 e. The minimum absolute atomic E-state index is 0.132. The molecule has 4 aromatic rings. The van der Waals surface area contributed by atoms with Gasteiger partial charge in [-0.3, -0.25) is 4.79 Å². The summed E-state index contributed by atoms with van der Waals surface area (Å²) < 4.78 is 7.45. The number of nitrogens with one attached hydrogen (secondary N) is 1. The van der Waals surface area contributed by atoms with Crippen molar-refractivity contribution >= 4 is 23.4 Å². The van der Waals surface area contributed by atoms with Gasteiger partial charge in [0.25, 0.3) is 0 Å². The van der Waals surface area contributed by atoms with Gasteiger partial charge in [0.1, 0.15) is 12.4 Å². The molecule has 8 heteroatoms. The lowest BCUT2D eigenvalue weighted by Crippen LogP contribution is -2.23. The number of aryl methyl sites for hydroxylation is 1. The fraction of sp³-hybridized carbons (Fsp3) is 0.167. The van der Waals surface area contributed by atoms with Gasteiger partial charge < -0.3 is 10.1 Å². The van der Waals surface area contributed by atoms with Crippen LogP contribution >= 0.6 is 11.8 Å². The summed E-state index contributed by atoms with van der Waals surface area (Å²) in [5.74, 6) is 0.610. The summed E-state index contributed by atoms with van der Waals surface area (Å²) in [5, 5.41) is 15.1. The molecule has 1 atom stereocenters. The number of hydrogen-bond acceptors (Lipinski definition) is 6. The molecule has 1 N–H and O–H groups in total. The van der Waals surface area contributed by atoms with Crippen molar-refractivity contribution in [2.75, 3.05) is 5.32 Å². The third-order valence-corrected chi connectivity index (χ3v) is 5.84. The maximum absolute atomic E-state index is 12.7. The fourth-order valence-electron chi connectivity index (χ4n) is 3.04. The first-order chi connectivity index (χ1) is 15.6. The highest BCUT2D eigenvalue weighted by molar-refractivity contribution is 8.00. The van der Waals surface area contributed by atoms with Gasteiger partial charge in [-0.05, 0) is 65.7 Å². The van der Waals surface area contributed by atoms with E-state index in [9.17, 15) is 4.79 Å². The zero-order valence-electron chi connectivity index (χ0n) is 17.8. The first-order valence-corrected chi connectivity index (χ1v) is 11.1. The van der Waals surface area contributed by atoms with Crippen molar-refractivity contribution in [3.63, 3.8) is 0 Å². The summed E-state index contributed by atoms with van der Waals surface area (Å²) in [7, 11) is 0. The van der Waals surface area contributed by atoms with Gasteiger partial charge in [-0.2, -0.15) is 4.68 Å². The molecule has 0 aliphatic heterocycles. The van der Waals surface area contributed by atoms with Crippen molar-refractivity contribution in [2.24, 2.45) is 0 Å². The average molecular weight is 446 g/mol. The van der Waals surface area contributed by atoms with E-state index < -0.39 is 5.25 Å². The van der Waals surface area contributed by atoms with Crippen LogP contribution in [-0.2, 0) is 11.4 Å². The molecule has 0 radical (unpaired) electrons. The second-order valence-electron chi connectivity index (χ2n) is 7.21. The zero-order chi connectivity index (χ0) is 22.3. The Kier molecular flexibility index (Phi) is 6.81. The topological polar surface area (TPSA) is 81.9 Å². The summed E-state index contributed by atoms with van der Waals surface area (Å²) >= 11 is 1.31. The van der Waals surface area contributed by atoms with E-state index in [0.717, 1.165) is 22.6 Å². The number of ether oxygens (including phenoxy) is 1. The number of para-hydroxylation sites is 1. The predicted molar refractivity (Wildman–Crippen MR) is 125 cm³/mol. The highest BCUT2D eigenvalue weighted by Gasteiger charge is 2.20. The number of thioether (sulfide) groups is 1. The third kappa shape index (κ3) is 5.33. The monoisotopic (exact) mass is 445 g/mol. The molecule has 4 rings (SSSR count). The molecule has 32 heavy (non-hydrogen) atoms. The van der Waals surface area contributed by atoms with Crippen LogP contribution < -0.4 is 10.1 Å². The Morgan fingerprint density at radius 2 is 1.75 bits per heavy atom. The van der Waals surface area contributed by atoms with Crippen LogP contribution in [0.25, 0.3) is 5.69 Å². The molecule has 0 spiro atoms. The van der Waals surface area contributed by atoms with Crippen molar-refractivity contribution in [2.45, 2.75) is 30.9 Å². The lowest BCUT2D eigenvalue weighted by molar-refractivity contribution is -0.115. The van der Waals surface area contributed by atoms with E-state index in [1.807, 2.05) is 92.7 Å². The summed E-state index contributed by atoms with van der Waals surface area (Å²) in [4.78, 5) is 12.7. The third-order valence-electron chi connectivity index (χ3n) is 4.81. The number of rotatable bonds is 8. The van der Waals surface area contributed by atoms with E-state index >= 15 is 0 Å². The van der Waals surface area contributed by atoms with Gasteiger partial charge in [0.15, 0.2) is 0 Å². The second kappa shape index (κ2) is 10.1. The molecule has 1 heterocycles. The maximum Gasteiger partial charge on any atom is 0.237 e. The molecule has 162 valence electrons. The highest BCUT2D eigenvalue weighted by atomic mass is 32.2. The zero-order valence-corrected chi connectivity index (χ0v) is 18.6. The van der Waals surface area contributed by atoms with Crippen molar-refractivity contribution in [3.8, 4) is 11.4 Å². The van der Waals surface area contributed by atoms with Crippen LogP contribution in [0, 0.1) is 6.92 Å². The molecular weight excluding hydrogens is 422 g/mol. The summed E-state index contributed by atoms with van der Waals surface area (Å²) in [5.41, 5.74) is 3.74. The molecular formula is C24H23N5O2S. The Bertz CT molecular complexity index is 1180. The van der Waals surface area contributed by atoms with Crippen LogP contribution in [0.5, 0.6) is 5.75 Å². The minimum Gasteiger partial charge on any atom is -0.489 e. The fourth-order valence-corrected chi connectivity index (χ4v) is 3.84. The Hall–Kier alpha value is -3.65. The second-order valence-corrected chi connectivity index (χ2v) is 8.52. The van der Waals surface area contributed by atoms with Gasteiger partial charge in [-0.15, -0.1) is 5.10 Å². The molecule has 0 aliphatic rings. The highest BCUT2D eigenvalue weighted by Crippen LogP contribution is 2.25. The van der Waals surface area contributed by atoms with Gasteiger partial charge in [0.05, 0.1) is 10.9 Å². The minimum atomic E-state index is -0.391. The molecule has 3 aromatic carbocycles. The number of carbonyl (C=O) groups excluding carboxylic acids is 1. The number of anilines is 1. The van der Waals surface area contributed by atoms with Crippen molar-refractivity contribution in [3.05, 3.63) is 90.0 Å². The molecule has 0 fully saturated rings. The Balaban J connectivity index is 1.34. The first kappa shape index (κ1) is 21.6. The van der Waals surface area contributed by atoms with Gasteiger partial charge in [0, 0.05) is 5.69 Å². The molecule has 1 amide bonds. The van der Waals surface area contributed by atoms with Crippen LogP contribution in [0.2, 0.25) is 0 Å². The van der Waals surface area contributed by atoms with E-state index in [-0.39, 0.29) is 5.91 Å². The number of hydrogen-bond donors (Lipinski definition) is 1. The lowest BCUT2D eigenvalue weighted by Gasteiger charge is -2.13. The van der Waals surface area contributed by atoms with Gasteiger partial charge in [-0.1, -0.05) is 60.3 Å². The Morgan fingerprint density at radius 3 is 2.50 bits per heavy atom. The molecule has 7 nitrogen and oxygen atoms in total. The van der Waals surface area contributed by atoms with Gasteiger partial charge in [-0.25, -0.2) is 0 Å². The average Bonchev–Trinajstić information content (AvgIpc) is 3.27. The standard InChI is InChI=1S/C24H23N5O2S/c1-17-8-6-7-11-22(17)29-24(26-27-28-29)32-18(2)23(30)25-20-12-14-21(15-13-20)31-16-19-9-4-3-5-10-19/h3-15,18H,16H2,1-2H3,(H,25,30). The Labute approximate surface area is 190 Å². The summed E-state index contributed by atoms with van der Waals surface area (Å²) in [6, 6.07) is 25.1. The maximum atomic E-state index is 12.7. The van der Waals surface area contributed by atoms with Crippen LogP contribution in [0.3, 0.4) is 0 Å². The van der Waals surface area contributed by atoms with Gasteiger partial charge in [0.2, 0.25) is 11.1 Å². The Morgan fingerprint density at radius 1 is 1.03 bits per heavy atom. The molecule has 0 aliphatic carbocycles. The molecule has 0 saturated carbocycles. The SMILES string of the molecule is Cc1ccccc1-n1nnnc1SC(C)C(=O)Nc1ccc(OCc2ccccc2)cc1. The quantitative estimate of drug-likeness (QED) is 0.397. The van der Waals surface area contributed by atoms with E-state index in [1.165, 1.54) is 11.8 Å². The number of tetrazole rings is 1. The normalized spacial score (nSPS) is 11.7. The molecule has 1 unspecified atom stereocenters. The summed E-state index contributed by atoms with van der Waals surface area (Å²) in [6.45, 7) is 4.32. The van der Waals surface area contributed by atoms with E-state index in [1.54, 1.807) is 4.68 Å². The first-order valence-electron chi connectivity index (χ1n) is 10.2.